The zero-order valence-corrected chi connectivity index (χ0v) is 19.2. The number of carbonyl (C=O) groups excluding carboxylic acids is 1. The molecule has 0 spiro atoms. The van der Waals surface area contributed by atoms with E-state index in [1.54, 1.807) is 0 Å². The lowest BCUT2D eigenvalue weighted by molar-refractivity contribution is -0.126. The molecule has 1 N–H and O–H groups in total. The second-order valence-electron chi connectivity index (χ2n) is 8.14. The van der Waals surface area contributed by atoms with Gasteiger partial charge in [0.05, 0.1) is 11.5 Å². The molecule has 4 rings (SSSR count). The number of sulfone groups is 1. The average molecular weight is 465 g/mol. The third-order valence-electron chi connectivity index (χ3n) is 5.75. The summed E-state index contributed by atoms with van der Waals surface area (Å²) in [6.45, 7) is 1.58. The van der Waals surface area contributed by atoms with Crippen molar-refractivity contribution >= 4 is 15.7 Å². The monoisotopic (exact) mass is 464 g/mol. The Labute approximate surface area is 195 Å². The largest absolute Gasteiger partial charge is 0.489 e. The van der Waals surface area contributed by atoms with E-state index in [0.717, 1.165) is 22.4 Å². The van der Waals surface area contributed by atoms with Crippen LogP contribution in [0.3, 0.4) is 0 Å². The van der Waals surface area contributed by atoms with Crippen molar-refractivity contribution in [1.82, 2.24) is 10.2 Å². The van der Waals surface area contributed by atoms with Crippen molar-refractivity contribution in [3.05, 3.63) is 102 Å². The molecular weight excluding hydrogens is 436 g/mol. The van der Waals surface area contributed by atoms with E-state index in [-0.39, 0.29) is 17.4 Å². The molecule has 172 valence electrons. The lowest BCUT2D eigenvalue weighted by atomic mass is 10.0. The normalized spacial score (nSPS) is 16.6. The van der Waals surface area contributed by atoms with Crippen molar-refractivity contribution in [1.29, 1.82) is 0 Å². The highest BCUT2D eigenvalue weighted by molar-refractivity contribution is 7.91. The zero-order valence-electron chi connectivity index (χ0n) is 18.4. The van der Waals surface area contributed by atoms with Gasteiger partial charge in [-0.2, -0.15) is 0 Å². The highest BCUT2D eigenvalue weighted by Crippen LogP contribution is 2.23. The molecule has 1 aliphatic rings. The van der Waals surface area contributed by atoms with Crippen molar-refractivity contribution in [3.63, 3.8) is 0 Å². The van der Waals surface area contributed by atoms with Gasteiger partial charge in [-0.05, 0) is 28.8 Å². The maximum atomic E-state index is 13.2. The van der Waals surface area contributed by atoms with E-state index >= 15 is 0 Å². The van der Waals surface area contributed by atoms with Crippen LogP contribution in [0.15, 0.2) is 84.9 Å². The molecule has 0 aromatic heterocycles. The van der Waals surface area contributed by atoms with Crippen LogP contribution in [0.1, 0.15) is 22.7 Å². The number of carbonyl (C=O) groups is 1. The molecule has 0 radical (unpaired) electrons. The maximum absolute atomic E-state index is 13.2. The number of ether oxygens (including phenoxy) is 1. The van der Waals surface area contributed by atoms with Crippen molar-refractivity contribution in [2.45, 2.75) is 19.2 Å². The lowest BCUT2D eigenvalue weighted by Crippen LogP contribution is -2.47. The maximum Gasteiger partial charge on any atom is 0.242 e. The summed E-state index contributed by atoms with van der Waals surface area (Å²) in [6.07, 6.45) is 0. The van der Waals surface area contributed by atoms with Gasteiger partial charge in [0.1, 0.15) is 18.4 Å². The van der Waals surface area contributed by atoms with E-state index in [0.29, 0.717) is 26.2 Å². The predicted octanol–water partition coefficient (Wildman–Crippen LogP) is 3.35. The van der Waals surface area contributed by atoms with E-state index in [1.165, 1.54) is 0 Å². The fourth-order valence-electron chi connectivity index (χ4n) is 3.87. The molecule has 0 aliphatic carbocycles. The zero-order chi connectivity index (χ0) is 23.1. The Hall–Kier alpha value is -3.16. The van der Waals surface area contributed by atoms with Gasteiger partial charge in [0.15, 0.2) is 9.84 Å². The summed E-state index contributed by atoms with van der Waals surface area (Å²) in [5, 5.41) is 3.03. The van der Waals surface area contributed by atoms with Gasteiger partial charge in [-0.1, -0.05) is 72.8 Å². The SMILES string of the molecule is O=C(NCc1ccc(COc2ccccc2)cc1)C(c1ccccc1)N1CCS(=O)(=O)CC1. The summed E-state index contributed by atoms with van der Waals surface area (Å²) in [7, 11) is -3.02. The first-order chi connectivity index (χ1) is 16.0. The summed E-state index contributed by atoms with van der Waals surface area (Å²) >= 11 is 0. The highest BCUT2D eigenvalue weighted by Gasteiger charge is 2.32. The predicted molar refractivity (Wildman–Crippen MR) is 128 cm³/mol. The molecule has 33 heavy (non-hydrogen) atoms. The van der Waals surface area contributed by atoms with Gasteiger partial charge in [0, 0.05) is 19.6 Å². The molecule has 1 aliphatic heterocycles. The van der Waals surface area contributed by atoms with E-state index in [9.17, 15) is 13.2 Å². The van der Waals surface area contributed by atoms with Crippen LogP contribution in [-0.4, -0.2) is 43.8 Å². The summed E-state index contributed by atoms with van der Waals surface area (Å²) in [5.41, 5.74) is 2.90. The lowest BCUT2D eigenvalue weighted by Gasteiger charge is -2.33. The van der Waals surface area contributed by atoms with Crippen molar-refractivity contribution in [2.75, 3.05) is 24.6 Å². The molecule has 0 saturated carbocycles. The Morgan fingerprint density at radius 3 is 2.06 bits per heavy atom. The summed E-state index contributed by atoms with van der Waals surface area (Å²) in [6, 6.07) is 26.6. The number of para-hydroxylation sites is 1. The fourth-order valence-corrected chi connectivity index (χ4v) is 5.10. The van der Waals surface area contributed by atoms with Crippen LogP contribution in [0.25, 0.3) is 0 Å². The molecule has 1 atom stereocenters. The van der Waals surface area contributed by atoms with Crippen LogP contribution < -0.4 is 10.1 Å². The van der Waals surface area contributed by atoms with E-state index < -0.39 is 15.9 Å². The molecule has 1 unspecified atom stereocenters. The second-order valence-corrected chi connectivity index (χ2v) is 10.4. The highest BCUT2D eigenvalue weighted by atomic mass is 32.2. The molecule has 1 saturated heterocycles. The third-order valence-corrected chi connectivity index (χ3v) is 7.36. The van der Waals surface area contributed by atoms with Crippen LogP contribution in [0.2, 0.25) is 0 Å². The molecular formula is C26H28N2O4S. The molecule has 0 bridgehead atoms. The third kappa shape index (κ3) is 6.43. The van der Waals surface area contributed by atoms with Gasteiger partial charge in [0.2, 0.25) is 5.91 Å². The Morgan fingerprint density at radius 2 is 1.42 bits per heavy atom. The number of nitrogens with zero attached hydrogens (tertiary/aromatic N) is 1. The number of amides is 1. The average Bonchev–Trinajstić information content (AvgIpc) is 2.84. The van der Waals surface area contributed by atoms with Gasteiger partial charge in [-0.15, -0.1) is 0 Å². The van der Waals surface area contributed by atoms with E-state index in [2.05, 4.69) is 5.32 Å². The first kappa shape index (κ1) is 23.0. The molecule has 7 heteroatoms. The molecule has 1 fully saturated rings. The Kier molecular flexibility index (Phi) is 7.42. The Morgan fingerprint density at radius 1 is 0.848 bits per heavy atom. The second kappa shape index (κ2) is 10.6. The molecule has 3 aromatic carbocycles. The first-order valence-electron chi connectivity index (χ1n) is 11.0. The Bertz CT molecular complexity index is 1140. The van der Waals surface area contributed by atoms with Gasteiger partial charge < -0.3 is 10.1 Å². The van der Waals surface area contributed by atoms with E-state index in [4.69, 9.17) is 4.74 Å². The number of hydrogen-bond acceptors (Lipinski definition) is 5. The summed E-state index contributed by atoms with van der Waals surface area (Å²) in [4.78, 5) is 15.1. The van der Waals surface area contributed by atoms with Crippen LogP contribution in [0.5, 0.6) is 5.75 Å². The van der Waals surface area contributed by atoms with Crippen molar-refractivity contribution in [3.8, 4) is 5.75 Å². The van der Waals surface area contributed by atoms with Crippen LogP contribution >= 0.6 is 0 Å². The minimum Gasteiger partial charge on any atom is -0.489 e. The Balaban J connectivity index is 1.37. The van der Waals surface area contributed by atoms with Gasteiger partial charge in [-0.25, -0.2) is 8.42 Å². The smallest absolute Gasteiger partial charge is 0.242 e. The minimum atomic E-state index is -3.02. The number of rotatable bonds is 8. The summed E-state index contributed by atoms with van der Waals surface area (Å²) in [5.74, 6) is 0.856. The van der Waals surface area contributed by atoms with Crippen LogP contribution in [0, 0.1) is 0 Å². The molecule has 3 aromatic rings. The first-order valence-corrected chi connectivity index (χ1v) is 12.9. The molecule has 6 nitrogen and oxygen atoms in total. The fraction of sp³-hybridized carbons (Fsp3) is 0.269. The van der Waals surface area contributed by atoms with Gasteiger partial charge in [0.25, 0.3) is 0 Å². The van der Waals surface area contributed by atoms with Crippen molar-refractivity contribution in [2.24, 2.45) is 0 Å². The summed E-state index contributed by atoms with van der Waals surface area (Å²) < 4.78 is 29.5. The number of nitrogens with one attached hydrogen (secondary N) is 1. The van der Waals surface area contributed by atoms with Crippen LogP contribution in [-0.2, 0) is 27.8 Å². The molecule has 1 heterocycles. The topological polar surface area (TPSA) is 75.7 Å². The van der Waals surface area contributed by atoms with Gasteiger partial charge in [-0.3, -0.25) is 9.69 Å². The quantitative estimate of drug-likeness (QED) is 0.553. The number of hydrogen-bond donors (Lipinski definition) is 1. The van der Waals surface area contributed by atoms with Crippen LogP contribution in [0.4, 0.5) is 0 Å². The standard InChI is InChI=1S/C26H28N2O4S/c29-26(25(23-7-3-1-4-8-23)28-15-17-33(30,31)18-16-28)27-19-21-11-13-22(14-12-21)20-32-24-9-5-2-6-10-24/h1-14,25H,15-20H2,(H,27,29). The van der Waals surface area contributed by atoms with Gasteiger partial charge >= 0.3 is 0 Å². The van der Waals surface area contributed by atoms with Crippen molar-refractivity contribution < 1.29 is 17.9 Å². The minimum absolute atomic E-state index is 0.0795. The molecule has 1 amide bonds. The number of benzene rings is 3. The van der Waals surface area contributed by atoms with E-state index in [1.807, 2.05) is 89.8 Å².